The van der Waals surface area contributed by atoms with Gasteiger partial charge in [0.1, 0.15) is 0 Å². The number of carbonyl (C=O) groups is 2. The summed E-state index contributed by atoms with van der Waals surface area (Å²) in [6, 6.07) is 8.02. The third-order valence-corrected chi connectivity index (χ3v) is 6.51. The Morgan fingerprint density at radius 3 is 2.45 bits per heavy atom. The number of esters is 1. The Bertz CT molecular complexity index is 1160. The van der Waals surface area contributed by atoms with Crippen molar-refractivity contribution < 1.29 is 32.6 Å². The molecule has 2 amide bonds. The van der Waals surface area contributed by atoms with E-state index in [0.717, 1.165) is 7.11 Å². The van der Waals surface area contributed by atoms with E-state index in [9.17, 15) is 23.1 Å². The first-order valence-corrected chi connectivity index (χ1v) is 10.9. The van der Waals surface area contributed by atoms with E-state index < -0.39 is 33.6 Å². The number of ether oxygens (including phenoxy) is 2. The van der Waals surface area contributed by atoms with Crippen molar-refractivity contribution in [3.63, 3.8) is 0 Å². The van der Waals surface area contributed by atoms with Gasteiger partial charge in [-0.25, -0.2) is 18.0 Å². The molecule has 31 heavy (non-hydrogen) atoms. The van der Waals surface area contributed by atoms with Crippen LogP contribution in [0.3, 0.4) is 0 Å². The van der Waals surface area contributed by atoms with E-state index in [1.165, 1.54) is 49.6 Å². The number of nitrogens with one attached hydrogen (secondary N) is 2. The van der Waals surface area contributed by atoms with Gasteiger partial charge in [-0.05, 0) is 42.0 Å². The minimum absolute atomic E-state index is 0.0238. The second-order valence-electron chi connectivity index (χ2n) is 6.56. The van der Waals surface area contributed by atoms with Gasteiger partial charge in [0.2, 0.25) is 0 Å². The summed E-state index contributed by atoms with van der Waals surface area (Å²) in [5, 5.41) is 15.2. The molecule has 0 aliphatic carbocycles. The number of carbonyl (C=O) groups excluding carboxylic acids is 2. The summed E-state index contributed by atoms with van der Waals surface area (Å²) in [6.45, 7) is 0. The fourth-order valence-corrected chi connectivity index (χ4v) is 4.57. The minimum Gasteiger partial charge on any atom is -0.504 e. The van der Waals surface area contributed by atoms with Gasteiger partial charge in [-0.1, -0.05) is 17.7 Å². The molecule has 0 radical (unpaired) electrons. The van der Waals surface area contributed by atoms with E-state index in [0.29, 0.717) is 10.6 Å². The maximum absolute atomic E-state index is 12.9. The second-order valence-corrected chi connectivity index (χ2v) is 8.99. The predicted molar refractivity (Wildman–Crippen MR) is 112 cm³/mol. The number of halogens is 1. The highest BCUT2D eigenvalue weighted by atomic mass is 35.5. The highest BCUT2D eigenvalue weighted by molar-refractivity contribution is 7.91. The number of sulfone groups is 1. The molecule has 0 bridgehead atoms. The molecule has 2 aromatic rings. The summed E-state index contributed by atoms with van der Waals surface area (Å²) in [7, 11) is -1.44. The molecule has 0 saturated carbocycles. The summed E-state index contributed by atoms with van der Waals surface area (Å²) in [5.41, 5.74) is 0.168. The smallest absolute Gasteiger partial charge is 0.338 e. The highest BCUT2D eigenvalue weighted by Gasteiger charge is 2.35. The van der Waals surface area contributed by atoms with E-state index in [1.54, 1.807) is 0 Å². The van der Waals surface area contributed by atoms with E-state index in [-0.39, 0.29) is 27.7 Å². The van der Waals surface area contributed by atoms with Crippen molar-refractivity contribution in [2.45, 2.75) is 10.9 Å². The molecule has 164 valence electrons. The largest absolute Gasteiger partial charge is 0.504 e. The topological polar surface area (TPSA) is 131 Å². The van der Waals surface area contributed by atoms with Crippen LogP contribution in [0.25, 0.3) is 0 Å². The standard InChI is InChI=1S/C20H19ClN2O7S/c1-29-16-9-11(3-8-15(16)24)18-17(19(25)30-2)14(22-20(26)23-18)10-31(27,28)13-6-4-12(21)5-7-13/h3-9,18,24H,10H2,1-2H3,(H2,22,23,26)/t18-/m1/s1. The van der Waals surface area contributed by atoms with Gasteiger partial charge in [0.25, 0.3) is 0 Å². The van der Waals surface area contributed by atoms with Crippen molar-refractivity contribution >= 4 is 33.4 Å². The van der Waals surface area contributed by atoms with E-state index in [2.05, 4.69) is 10.6 Å². The summed E-state index contributed by atoms with van der Waals surface area (Å²) in [5.74, 6) is -1.51. The number of phenols is 1. The lowest BCUT2D eigenvalue weighted by Crippen LogP contribution is -2.47. The van der Waals surface area contributed by atoms with Crippen LogP contribution in [0.5, 0.6) is 11.5 Å². The van der Waals surface area contributed by atoms with Gasteiger partial charge in [-0.3, -0.25) is 0 Å². The Balaban J connectivity index is 2.11. The summed E-state index contributed by atoms with van der Waals surface area (Å²) in [4.78, 5) is 24.9. The number of hydrogen-bond donors (Lipinski definition) is 3. The average Bonchev–Trinajstić information content (AvgIpc) is 2.73. The van der Waals surface area contributed by atoms with Gasteiger partial charge in [0.15, 0.2) is 21.3 Å². The molecule has 0 aromatic heterocycles. The van der Waals surface area contributed by atoms with Crippen LogP contribution in [0.1, 0.15) is 11.6 Å². The fourth-order valence-electron chi connectivity index (χ4n) is 3.12. The number of rotatable bonds is 6. The van der Waals surface area contributed by atoms with Gasteiger partial charge in [0, 0.05) is 10.7 Å². The lowest BCUT2D eigenvalue weighted by Gasteiger charge is -2.29. The van der Waals surface area contributed by atoms with Crippen molar-refractivity contribution in [1.82, 2.24) is 10.6 Å². The summed E-state index contributed by atoms with van der Waals surface area (Å²) in [6.07, 6.45) is 0. The number of benzene rings is 2. The zero-order chi connectivity index (χ0) is 22.8. The quantitative estimate of drug-likeness (QED) is 0.556. The number of aromatic hydroxyl groups is 1. The molecule has 1 aliphatic heterocycles. The van der Waals surface area contributed by atoms with Crippen molar-refractivity contribution in [2.24, 2.45) is 0 Å². The Kier molecular flexibility index (Phi) is 6.42. The van der Waals surface area contributed by atoms with Gasteiger partial charge in [-0.2, -0.15) is 0 Å². The van der Waals surface area contributed by atoms with Crippen molar-refractivity contribution in [3.05, 3.63) is 64.3 Å². The van der Waals surface area contributed by atoms with Crippen LogP contribution in [-0.2, 0) is 19.4 Å². The third kappa shape index (κ3) is 4.75. The number of hydrogen-bond acceptors (Lipinski definition) is 7. The zero-order valence-corrected chi connectivity index (χ0v) is 18.1. The number of amides is 2. The van der Waals surface area contributed by atoms with E-state index in [4.69, 9.17) is 21.1 Å². The number of urea groups is 1. The first-order chi connectivity index (χ1) is 14.7. The predicted octanol–water partition coefficient (Wildman–Crippen LogP) is 2.31. The first-order valence-electron chi connectivity index (χ1n) is 8.90. The molecule has 0 saturated heterocycles. The van der Waals surface area contributed by atoms with E-state index >= 15 is 0 Å². The Hall–Kier alpha value is -3.24. The third-order valence-electron chi connectivity index (χ3n) is 4.60. The van der Waals surface area contributed by atoms with Crippen LogP contribution in [0, 0.1) is 0 Å². The summed E-state index contributed by atoms with van der Waals surface area (Å²) < 4.78 is 35.7. The maximum Gasteiger partial charge on any atom is 0.338 e. The van der Waals surface area contributed by atoms with E-state index in [1.807, 2.05) is 0 Å². The molecular formula is C20H19ClN2O7S. The highest BCUT2D eigenvalue weighted by Crippen LogP contribution is 2.34. The van der Waals surface area contributed by atoms with Crippen LogP contribution in [0.15, 0.2) is 58.6 Å². The molecule has 1 heterocycles. The van der Waals surface area contributed by atoms with Gasteiger partial charge in [0.05, 0.1) is 36.5 Å². The molecule has 1 atom stereocenters. The fraction of sp³-hybridized carbons (Fsp3) is 0.200. The molecule has 1 aliphatic rings. The SMILES string of the molecule is COC(=O)C1=C(CS(=O)(=O)c2ccc(Cl)cc2)NC(=O)N[C@@H]1c1ccc(O)c(OC)c1. The Morgan fingerprint density at radius 1 is 1.16 bits per heavy atom. The van der Waals surface area contributed by atoms with Crippen LogP contribution in [0.2, 0.25) is 5.02 Å². The van der Waals surface area contributed by atoms with Crippen molar-refractivity contribution in [3.8, 4) is 11.5 Å². The zero-order valence-electron chi connectivity index (χ0n) is 16.5. The molecule has 0 fully saturated rings. The number of methoxy groups -OCH3 is 2. The maximum atomic E-state index is 12.9. The molecule has 0 unspecified atom stereocenters. The minimum atomic E-state index is -3.93. The van der Waals surface area contributed by atoms with Crippen molar-refractivity contribution in [1.29, 1.82) is 0 Å². The molecule has 2 aromatic carbocycles. The van der Waals surface area contributed by atoms with Crippen LogP contribution in [0.4, 0.5) is 4.79 Å². The molecule has 3 N–H and O–H groups in total. The average molecular weight is 467 g/mol. The van der Waals surface area contributed by atoms with Gasteiger partial charge in [-0.15, -0.1) is 0 Å². The normalized spacial score (nSPS) is 16.4. The van der Waals surface area contributed by atoms with Crippen molar-refractivity contribution in [2.75, 3.05) is 20.0 Å². The molecular weight excluding hydrogens is 448 g/mol. The molecule has 9 nitrogen and oxygen atoms in total. The molecule has 11 heteroatoms. The lowest BCUT2D eigenvalue weighted by molar-refractivity contribution is -0.136. The van der Waals surface area contributed by atoms with Crippen LogP contribution < -0.4 is 15.4 Å². The number of phenolic OH excluding ortho intramolecular Hbond substituents is 1. The lowest BCUT2D eigenvalue weighted by atomic mass is 9.95. The van der Waals surface area contributed by atoms with Crippen LogP contribution >= 0.6 is 11.6 Å². The second kappa shape index (κ2) is 8.86. The monoisotopic (exact) mass is 466 g/mol. The van der Waals surface area contributed by atoms with Gasteiger partial charge < -0.3 is 25.2 Å². The molecule has 0 spiro atoms. The Morgan fingerprint density at radius 2 is 1.84 bits per heavy atom. The van der Waals surface area contributed by atoms with Gasteiger partial charge >= 0.3 is 12.0 Å². The Labute approximate surface area is 183 Å². The van der Waals surface area contributed by atoms with Crippen LogP contribution in [-0.4, -0.2) is 45.5 Å². The molecule has 3 rings (SSSR count). The first kappa shape index (κ1) is 22.4. The summed E-state index contributed by atoms with van der Waals surface area (Å²) >= 11 is 5.82.